The first-order valence-electron chi connectivity index (χ1n) is 7.10. The van der Waals surface area contributed by atoms with E-state index in [2.05, 4.69) is 46.2 Å². The molecule has 0 amide bonds. The van der Waals surface area contributed by atoms with Crippen molar-refractivity contribution in [1.82, 2.24) is 14.9 Å². The summed E-state index contributed by atoms with van der Waals surface area (Å²) in [4.78, 5) is 10.9. The topological polar surface area (TPSA) is 29.0 Å². The Kier molecular flexibility index (Phi) is 3.00. The number of hydrogen-bond donors (Lipinski definition) is 0. The van der Waals surface area contributed by atoms with Gasteiger partial charge in [0.25, 0.3) is 0 Å². The van der Waals surface area contributed by atoms with Crippen LogP contribution in [0.15, 0.2) is 24.3 Å². The summed E-state index contributed by atoms with van der Waals surface area (Å²) in [7, 11) is 2.16. The molecule has 0 N–H and O–H groups in total. The van der Waals surface area contributed by atoms with Crippen molar-refractivity contribution in [2.24, 2.45) is 0 Å². The lowest BCUT2D eigenvalue weighted by Gasteiger charge is -2.44. The summed E-state index contributed by atoms with van der Waals surface area (Å²) in [5.74, 6) is 0. The molecular formula is C16H15Cl2N3. The summed E-state index contributed by atoms with van der Waals surface area (Å²) in [6.07, 6.45) is 3.07. The van der Waals surface area contributed by atoms with Gasteiger partial charge in [0.1, 0.15) is 5.15 Å². The second kappa shape index (κ2) is 4.67. The molecule has 0 fully saturated rings. The van der Waals surface area contributed by atoms with Crippen LogP contribution in [0.5, 0.6) is 0 Å². The van der Waals surface area contributed by atoms with Gasteiger partial charge in [-0.2, -0.15) is 0 Å². The highest BCUT2D eigenvalue weighted by Gasteiger charge is 2.45. The first-order chi connectivity index (χ1) is 10.1. The van der Waals surface area contributed by atoms with Gasteiger partial charge in [-0.1, -0.05) is 35.9 Å². The second-order valence-corrected chi connectivity index (χ2v) is 6.63. The van der Waals surface area contributed by atoms with Gasteiger partial charge >= 0.3 is 0 Å². The minimum absolute atomic E-state index is 0.0185. The average molecular weight is 320 g/mol. The van der Waals surface area contributed by atoms with E-state index in [0.29, 0.717) is 5.15 Å². The lowest BCUT2D eigenvalue weighted by Crippen LogP contribution is -2.47. The molecule has 0 saturated heterocycles. The average Bonchev–Trinajstić information content (AvgIpc) is 2.82. The number of aryl methyl sites for hydroxylation is 1. The third-order valence-electron chi connectivity index (χ3n) is 4.93. The van der Waals surface area contributed by atoms with Gasteiger partial charge in [0.05, 0.1) is 11.2 Å². The van der Waals surface area contributed by atoms with E-state index in [1.165, 1.54) is 11.1 Å². The zero-order valence-corrected chi connectivity index (χ0v) is 13.2. The van der Waals surface area contributed by atoms with Gasteiger partial charge in [-0.25, -0.2) is 9.97 Å². The summed E-state index contributed by atoms with van der Waals surface area (Å²) >= 11 is 12.2. The Morgan fingerprint density at radius 2 is 2.00 bits per heavy atom. The molecule has 1 atom stereocenters. The molecule has 1 aromatic heterocycles. The highest BCUT2D eigenvalue weighted by atomic mass is 35.5. The van der Waals surface area contributed by atoms with E-state index >= 15 is 0 Å². The minimum Gasteiger partial charge on any atom is -0.292 e. The molecule has 1 spiro atoms. The Morgan fingerprint density at radius 1 is 1.19 bits per heavy atom. The molecule has 1 aliphatic carbocycles. The van der Waals surface area contributed by atoms with Crippen LogP contribution in [0.2, 0.25) is 10.4 Å². The zero-order valence-electron chi connectivity index (χ0n) is 11.7. The van der Waals surface area contributed by atoms with Crippen LogP contribution < -0.4 is 0 Å². The van der Waals surface area contributed by atoms with Crippen molar-refractivity contribution in [1.29, 1.82) is 0 Å². The molecule has 2 aliphatic rings. The predicted molar refractivity (Wildman–Crippen MR) is 83.7 cm³/mol. The van der Waals surface area contributed by atoms with E-state index in [1.54, 1.807) is 0 Å². The van der Waals surface area contributed by atoms with E-state index in [4.69, 9.17) is 23.2 Å². The fraction of sp³-hybridized carbons (Fsp3) is 0.375. The molecule has 0 radical (unpaired) electrons. The van der Waals surface area contributed by atoms with Crippen molar-refractivity contribution in [2.75, 3.05) is 7.05 Å². The largest absolute Gasteiger partial charge is 0.292 e. The standard InChI is InChI=1S/C16H15Cl2N3/c1-21-9-11-13(19-15(18)20-14(11)17)8-16(21)7-6-10-4-2-3-5-12(10)16/h2-5H,6-9H2,1H3/t16-/m0/s1. The fourth-order valence-corrected chi connectivity index (χ4v) is 4.30. The van der Waals surface area contributed by atoms with Crippen molar-refractivity contribution in [3.05, 3.63) is 57.1 Å². The molecule has 2 aromatic rings. The SMILES string of the molecule is CN1Cc2c(Cl)nc(Cl)nc2C[C@]12CCc1ccccc12. The number of rotatable bonds is 0. The van der Waals surface area contributed by atoms with Crippen LogP contribution in [0.3, 0.4) is 0 Å². The Hall–Kier alpha value is -1.16. The summed E-state index contributed by atoms with van der Waals surface area (Å²) in [6.45, 7) is 0.764. The van der Waals surface area contributed by atoms with E-state index in [0.717, 1.165) is 37.1 Å². The molecular weight excluding hydrogens is 305 g/mol. The van der Waals surface area contributed by atoms with Gasteiger partial charge < -0.3 is 0 Å². The van der Waals surface area contributed by atoms with Crippen molar-refractivity contribution >= 4 is 23.2 Å². The van der Waals surface area contributed by atoms with Crippen LogP contribution in [0, 0.1) is 0 Å². The number of fused-ring (bicyclic) bond motifs is 3. The number of halogens is 2. The molecule has 5 heteroatoms. The molecule has 1 aliphatic heterocycles. The molecule has 3 nitrogen and oxygen atoms in total. The summed E-state index contributed by atoms with van der Waals surface area (Å²) in [6, 6.07) is 8.71. The molecule has 1 aromatic carbocycles. The molecule has 4 rings (SSSR count). The first kappa shape index (κ1) is 13.5. The van der Waals surface area contributed by atoms with E-state index < -0.39 is 0 Å². The first-order valence-corrected chi connectivity index (χ1v) is 7.86. The molecule has 0 saturated carbocycles. The number of benzene rings is 1. The highest BCUT2D eigenvalue weighted by Crippen LogP contribution is 2.47. The van der Waals surface area contributed by atoms with E-state index in [9.17, 15) is 0 Å². The number of hydrogen-bond acceptors (Lipinski definition) is 3. The number of likely N-dealkylation sites (N-methyl/N-ethyl adjacent to an activating group) is 1. The van der Waals surface area contributed by atoms with Crippen LogP contribution >= 0.6 is 23.2 Å². The Labute approximate surface area is 133 Å². The van der Waals surface area contributed by atoms with Crippen LogP contribution in [0.1, 0.15) is 28.8 Å². The van der Waals surface area contributed by atoms with Gasteiger partial charge in [-0.05, 0) is 42.6 Å². The highest BCUT2D eigenvalue weighted by molar-refractivity contribution is 6.32. The monoisotopic (exact) mass is 319 g/mol. The van der Waals surface area contributed by atoms with Crippen LogP contribution in [0.25, 0.3) is 0 Å². The van der Waals surface area contributed by atoms with Gasteiger partial charge in [0, 0.05) is 18.5 Å². The van der Waals surface area contributed by atoms with E-state index in [-0.39, 0.29) is 10.8 Å². The molecule has 21 heavy (non-hydrogen) atoms. The van der Waals surface area contributed by atoms with Crippen molar-refractivity contribution in [3.63, 3.8) is 0 Å². The van der Waals surface area contributed by atoms with Crippen LogP contribution in [-0.2, 0) is 24.9 Å². The fourth-order valence-electron chi connectivity index (χ4n) is 3.82. The lowest BCUT2D eigenvalue weighted by atomic mass is 9.81. The van der Waals surface area contributed by atoms with Crippen LogP contribution in [-0.4, -0.2) is 21.9 Å². The number of aromatic nitrogens is 2. The van der Waals surface area contributed by atoms with E-state index in [1.807, 2.05) is 0 Å². The predicted octanol–water partition coefficient (Wildman–Crippen LogP) is 3.61. The normalized spacial score (nSPS) is 24.1. The van der Waals surface area contributed by atoms with Crippen molar-refractivity contribution in [3.8, 4) is 0 Å². The van der Waals surface area contributed by atoms with Crippen LogP contribution in [0.4, 0.5) is 0 Å². The Bertz CT molecular complexity index is 731. The number of nitrogens with zero attached hydrogens (tertiary/aromatic N) is 3. The molecule has 0 bridgehead atoms. The summed E-state index contributed by atoms with van der Waals surface area (Å²) in [5.41, 5.74) is 4.89. The van der Waals surface area contributed by atoms with Gasteiger partial charge in [0.2, 0.25) is 5.28 Å². The third kappa shape index (κ3) is 1.91. The maximum atomic E-state index is 6.25. The second-order valence-electron chi connectivity index (χ2n) is 5.93. The van der Waals surface area contributed by atoms with Crippen molar-refractivity contribution in [2.45, 2.75) is 31.3 Å². The van der Waals surface area contributed by atoms with Gasteiger partial charge in [0.15, 0.2) is 0 Å². The molecule has 108 valence electrons. The smallest absolute Gasteiger partial charge is 0.224 e. The third-order valence-corrected chi connectivity index (χ3v) is 5.41. The maximum Gasteiger partial charge on any atom is 0.224 e. The summed E-state index contributed by atoms with van der Waals surface area (Å²) in [5, 5.41) is 0.725. The maximum absolute atomic E-state index is 6.25. The summed E-state index contributed by atoms with van der Waals surface area (Å²) < 4.78 is 0. The van der Waals surface area contributed by atoms with Gasteiger partial charge in [-0.15, -0.1) is 0 Å². The Balaban J connectivity index is 1.87. The molecule has 0 unspecified atom stereocenters. The molecule has 2 heterocycles. The minimum atomic E-state index is 0.0185. The van der Waals surface area contributed by atoms with Gasteiger partial charge in [-0.3, -0.25) is 4.90 Å². The zero-order chi connectivity index (χ0) is 14.6. The Morgan fingerprint density at radius 3 is 2.86 bits per heavy atom. The van der Waals surface area contributed by atoms with Crippen molar-refractivity contribution < 1.29 is 0 Å². The quantitative estimate of drug-likeness (QED) is 0.548. The lowest BCUT2D eigenvalue weighted by molar-refractivity contribution is 0.0930.